The molecule has 1 heterocycles. The zero-order valence-electron chi connectivity index (χ0n) is 14.3. The Kier molecular flexibility index (Phi) is 5.01. The van der Waals surface area contributed by atoms with Crippen LogP contribution in [0, 0.1) is 0 Å². The van der Waals surface area contributed by atoms with Crippen LogP contribution in [0.2, 0.25) is 0 Å². The first-order valence-corrected chi connectivity index (χ1v) is 7.97. The normalized spacial score (nSPS) is 20.8. The Morgan fingerprint density at radius 1 is 1.33 bits per heavy atom. The highest BCUT2D eigenvalue weighted by atomic mass is 19.4. The first-order chi connectivity index (χ1) is 11.0. The number of amides is 1. The number of carbonyl (C=O) groups is 1. The number of hydrogen-bond donors (Lipinski definition) is 2. The van der Waals surface area contributed by atoms with Gasteiger partial charge in [0, 0.05) is 11.7 Å². The number of nitrogens with one attached hydrogen (secondary N) is 2. The van der Waals surface area contributed by atoms with Crippen molar-refractivity contribution in [3.8, 4) is 0 Å². The Morgan fingerprint density at radius 3 is 2.54 bits per heavy atom. The summed E-state index contributed by atoms with van der Waals surface area (Å²) in [6.45, 7) is 7.19. The van der Waals surface area contributed by atoms with Gasteiger partial charge in [-0.25, -0.2) is 4.79 Å². The lowest BCUT2D eigenvalue weighted by Crippen LogP contribution is -2.39. The SMILES string of the molecule is CCC1C[C@H](NC(=O)OC(C)(C)C)c2cc(C(F)(F)F)ccc2N1. The van der Waals surface area contributed by atoms with Crippen LogP contribution in [0.3, 0.4) is 0 Å². The predicted octanol–water partition coefficient (Wildman–Crippen LogP) is 4.87. The molecule has 0 saturated carbocycles. The second-order valence-electron chi connectivity index (χ2n) is 6.98. The molecule has 1 aromatic carbocycles. The van der Waals surface area contributed by atoms with Crippen molar-refractivity contribution in [3.63, 3.8) is 0 Å². The van der Waals surface area contributed by atoms with Crippen molar-refractivity contribution < 1.29 is 22.7 Å². The van der Waals surface area contributed by atoms with Gasteiger partial charge in [-0.05, 0) is 57.4 Å². The molecule has 1 aliphatic heterocycles. The van der Waals surface area contributed by atoms with Crippen molar-refractivity contribution in [2.24, 2.45) is 0 Å². The molecule has 0 saturated heterocycles. The van der Waals surface area contributed by atoms with E-state index in [9.17, 15) is 18.0 Å². The summed E-state index contributed by atoms with van der Waals surface area (Å²) >= 11 is 0. The summed E-state index contributed by atoms with van der Waals surface area (Å²) in [6, 6.07) is 3.12. The van der Waals surface area contributed by atoms with Crippen molar-refractivity contribution in [1.82, 2.24) is 5.32 Å². The van der Waals surface area contributed by atoms with E-state index in [4.69, 9.17) is 4.74 Å². The average Bonchev–Trinajstić information content (AvgIpc) is 2.43. The molecule has 0 aromatic heterocycles. The van der Waals surface area contributed by atoms with E-state index in [1.165, 1.54) is 6.07 Å². The van der Waals surface area contributed by atoms with Gasteiger partial charge in [-0.15, -0.1) is 0 Å². The van der Waals surface area contributed by atoms with Gasteiger partial charge < -0.3 is 15.4 Å². The van der Waals surface area contributed by atoms with E-state index in [0.29, 0.717) is 17.7 Å². The largest absolute Gasteiger partial charge is 0.444 e. The van der Waals surface area contributed by atoms with Gasteiger partial charge in [0.1, 0.15) is 5.60 Å². The Bertz CT molecular complexity index is 609. The molecular weight excluding hydrogens is 321 g/mol. The second-order valence-corrected chi connectivity index (χ2v) is 6.98. The van der Waals surface area contributed by atoms with E-state index in [2.05, 4.69) is 10.6 Å². The predicted molar refractivity (Wildman–Crippen MR) is 85.9 cm³/mol. The Balaban J connectivity index is 2.29. The number of alkyl carbamates (subject to hydrolysis) is 1. The van der Waals surface area contributed by atoms with Crippen molar-refractivity contribution in [2.45, 2.75) is 64.4 Å². The van der Waals surface area contributed by atoms with Crippen LogP contribution in [0.15, 0.2) is 18.2 Å². The minimum Gasteiger partial charge on any atom is -0.444 e. The maximum absolute atomic E-state index is 13.0. The van der Waals surface area contributed by atoms with E-state index in [1.807, 2.05) is 6.92 Å². The number of halogens is 3. The number of ether oxygens (including phenoxy) is 1. The Morgan fingerprint density at radius 2 is 2.00 bits per heavy atom. The van der Waals surface area contributed by atoms with E-state index in [0.717, 1.165) is 18.6 Å². The van der Waals surface area contributed by atoms with Crippen LogP contribution in [0.25, 0.3) is 0 Å². The molecule has 1 amide bonds. The summed E-state index contributed by atoms with van der Waals surface area (Å²) in [5.74, 6) is 0. The Labute approximate surface area is 139 Å². The first kappa shape index (κ1) is 18.4. The highest BCUT2D eigenvalue weighted by Crippen LogP contribution is 2.38. The van der Waals surface area contributed by atoms with Crippen LogP contribution in [-0.2, 0) is 10.9 Å². The lowest BCUT2D eigenvalue weighted by Gasteiger charge is -2.34. The van der Waals surface area contributed by atoms with Gasteiger partial charge in [0.2, 0.25) is 0 Å². The zero-order valence-corrected chi connectivity index (χ0v) is 14.3. The van der Waals surface area contributed by atoms with E-state index in [1.54, 1.807) is 20.8 Å². The van der Waals surface area contributed by atoms with Crippen LogP contribution in [0.5, 0.6) is 0 Å². The molecule has 24 heavy (non-hydrogen) atoms. The minimum absolute atomic E-state index is 0.0779. The highest BCUT2D eigenvalue weighted by Gasteiger charge is 2.34. The maximum Gasteiger partial charge on any atom is 0.416 e. The van der Waals surface area contributed by atoms with E-state index < -0.39 is 29.5 Å². The lowest BCUT2D eigenvalue weighted by atomic mass is 9.90. The van der Waals surface area contributed by atoms with Gasteiger partial charge in [0.15, 0.2) is 0 Å². The third kappa shape index (κ3) is 4.55. The van der Waals surface area contributed by atoms with Crippen molar-refractivity contribution in [2.75, 3.05) is 5.32 Å². The lowest BCUT2D eigenvalue weighted by molar-refractivity contribution is -0.137. The number of alkyl halides is 3. The number of hydrogen-bond acceptors (Lipinski definition) is 3. The minimum atomic E-state index is -4.42. The summed E-state index contributed by atoms with van der Waals surface area (Å²) < 4.78 is 44.2. The quantitative estimate of drug-likeness (QED) is 0.805. The third-order valence-corrected chi connectivity index (χ3v) is 3.82. The zero-order chi connectivity index (χ0) is 18.1. The van der Waals surface area contributed by atoms with Crippen LogP contribution in [-0.4, -0.2) is 17.7 Å². The molecule has 2 rings (SSSR count). The molecular formula is C17H23F3N2O2. The fraction of sp³-hybridized carbons (Fsp3) is 0.588. The summed E-state index contributed by atoms with van der Waals surface area (Å²) in [5, 5.41) is 5.92. The number of fused-ring (bicyclic) bond motifs is 1. The van der Waals surface area contributed by atoms with Gasteiger partial charge in [-0.2, -0.15) is 13.2 Å². The van der Waals surface area contributed by atoms with Gasteiger partial charge in [-0.3, -0.25) is 0 Å². The molecule has 0 spiro atoms. The molecule has 1 unspecified atom stereocenters. The molecule has 2 N–H and O–H groups in total. The standard InChI is InChI=1S/C17H23F3N2O2/c1-5-11-9-14(22-15(23)24-16(2,3)4)12-8-10(17(18,19)20)6-7-13(12)21-11/h6-8,11,14,21H,5,9H2,1-4H3,(H,22,23)/t11?,14-/m0/s1. The molecule has 1 aliphatic rings. The molecule has 2 atom stereocenters. The van der Waals surface area contributed by atoms with Gasteiger partial charge >= 0.3 is 12.3 Å². The molecule has 4 nitrogen and oxygen atoms in total. The molecule has 134 valence electrons. The van der Waals surface area contributed by atoms with Crippen molar-refractivity contribution in [1.29, 1.82) is 0 Å². The molecule has 0 fully saturated rings. The summed E-state index contributed by atoms with van der Waals surface area (Å²) in [6.07, 6.45) is -3.75. The summed E-state index contributed by atoms with van der Waals surface area (Å²) in [7, 11) is 0. The number of anilines is 1. The maximum atomic E-state index is 13.0. The molecule has 0 aliphatic carbocycles. The summed E-state index contributed by atoms with van der Waals surface area (Å²) in [4.78, 5) is 12.0. The van der Waals surface area contributed by atoms with Crippen LogP contribution >= 0.6 is 0 Å². The van der Waals surface area contributed by atoms with Crippen LogP contribution in [0.1, 0.15) is 57.7 Å². The van der Waals surface area contributed by atoms with Gasteiger partial charge in [0.05, 0.1) is 11.6 Å². The van der Waals surface area contributed by atoms with Crippen molar-refractivity contribution in [3.05, 3.63) is 29.3 Å². The van der Waals surface area contributed by atoms with Gasteiger partial charge in [-0.1, -0.05) is 6.92 Å². The number of rotatable bonds is 2. The van der Waals surface area contributed by atoms with Crippen molar-refractivity contribution >= 4 is 11.8 Å². The summed E-state index contributed by atoms with van der Waals surface area (Å²) in [5.41, 5.74) is -0.353. The van der Waals surface area contributed by atoms with Gasteiger partial charge in [0.25, 0.3) is 0 Å². The fourth-order valence-corrected chi connectivity index (χ4v) is 2.70. The number of carbonyl (C=O) groups excluding carboxylic acids is 1. The number of benzene rings is 1. The van der Waals surface area contributed by atoms with Crippen LogP contribution < -0.4 is 10.6 Å². The monoisotopic (exact) mass is 344 g/mol. The third-order valence-electron chi connectivity index (χ3n) is 3.82. The second kappa shape index (κ2) is 6.53. The highest BCUT2D eigenvalue weighted by molar-refractivity contribution is 5.70. The first-order valence-electron chi connectivity index (χ1n) is 7.97. The molecule has 7 heteroatoms. The smallest absolute Gasteiger partial charge is 0.416 e. The molecule has 1 aromatic rings. The Hall–Kier alpha value is -1.92. The van der Waals surface area contributed by atoms with E-state index >= 15 is 0 Å². The topological polar surface area (TPSA) is 50.4 Å². The molecule has 0 bridgehead atoms. The van der Waals surface area contributed by atoms with Crippen LogP contribution in [0.4, 0.5) is 23.7 Å². The molecule has 0 radical (unpaired) electrons. The van der Waals surface area contributed by atoms with E-state index in [-0.39, 0.29) is 6.04 Å². The fourth-order valence-electron chi connectivity index (χ4n) is 2.70. The average molecular weight is 344 g/mol.